The Labute approximate surface area is 113 Å². The van der Waals surface area contributed by atoms with Crippen LogP contribution in [0.5, 0.6) is 0 Å². The summed E-state index contributed by atoms with van der Waals surface area (Å²) in [5.74, 6) is 0.517. The van der Waals surface area contributed by atoms with Gasteiger partial charge in [0.2, 0.25) is 0 Å². The molecule has 19 heavy (non-hydrogen) atoms. The van der Waals surface area contributed by atoms with Crippen LogP contribution in [-0.4, -0.2) is 28.7 Å². The van der Waals surface area contributed by atoms with Crippen LogP contribution in [0.15, 0.2) is 24.8 Å². The number of hydrogen-bond donors (Lipinski definition) is 2. The van der Waals surface area contributed by atoms with Gasteiger partial charge in [0.25, 0.3) is 5.91 Å². The van der Waals surface area contributed by atoms with Crippen LogP contribution in [0.3, 0.4) is 0 Å². The Morgan fingerprint density at radius 2 is 2.11 bits per heavy atom. The van der Waals surface area contributed by atoms with Crippen molar-refractivity contribution >= 4 is 11.7 Å². The monoisotopic (exact) mass is 260 g/mol. The summed E-state index contributed by atoms with van der Waals surface area (Å²) in [6.45, 7) is 3.98. The van der Waals surface area contributed by atoms with Crippen molar-refractivity contribution in [3.8, 4) is 0 Å². The fourth-order valence-corrected chi connectivity index (χ4v) is 2.24. The van der Waals surface area contributed by atoms with Crippen molar-refractivity contribution in [2.75, 3.05) is 11.9 Å². The van der Waals surface area contributed by atoms with E-state index >= 15 is 0 Å². The predicted molar refractivity (Wildman–Crippen MR) is 75.1 cm³/mol. The zero-order chi connectivity index (χ0) is 13.5. The highest BCUT2D eigenvalue weighted by molar-refractivity contribution is 5.92. The summed E-state index contributed by atoms with van der Waals surface area (Å²) in [6, 6.07) is 3.99. The van der Waals surface area contributed by atoms with Gasteiger partial charge in [-0.2, -0.15) is 0 Å². The molecule has 5 nitrogen and oxygen atoms in total. The van der Waals surface area contributed by atoms with E-state index in [0.717, 1.165) is 5.82 Å². The van der Waals surface area contributed by atoms with Crippen LogP contribution < -0.4 is 10.6 Å². The number of nitrogens with one attached hydrogen (secondary N) is 2. The molecule has 0 unspecified atom stereocenters. The molecule has 0 bridgehead atoms. The maximum Gasteiger partial charge on any atom is 0.272 e. The van der Waals surface area contributed by atoms with Gasteiger partial charge in [-0.15, -0.1) is 16.8 Å². The summed E-state index contributed by atoms with van der Waals surface area (Å²) >= 11 is 0. The van der Waals surface area contributed by atoms with Crippen LogP contribution in [0.2, 0.25) is 0 Å². The molecule has 1 fully saturated rings. The first kappa shape index (κ1) is 13.5. The van der Waals surface area contributed by atoms with E-state index in [1.807, 2.05) is 6.07 Å². The second kappa shape index (κ2) is 6.87. The van der Waals surface area contributed by atoms with Crippen molar-refractivity contribution in [2.45, 2.75) is 38.1 Å². The van der Waals surface area contributed by atoms with Crippen molar-refractivity contribution in [1.82, 2.24) is 15.5 Å². The fraction of sp³-hybridized carbons (Fsp3) is 0.500. The largest absolute Gasteiger partial charge is 0.366 e. The predicted octanol–water partition coefficient (Wildman–Crippen LogP) is 2.14. The summed E-state index contributed by atoms with van der Waals surface area (Å²) in [7, 11) is 0. The number of anilines is 1. The molecule has 0 saturated heterocycles. The minimum Gasteiger partial charge on any atom is -0.366 e. The van der Waals surface area contributed by atoms with E-state index in [1.165, 1.54) is 32.1 Å². The van der Waals surface area contributed by atoms with Crippen LogP contribution in [-0.2, 0) is 0 Å². The summed E-state index contributed by atoms with van der Waals surface area (Å²) in [5, 5.41) is 14.0. The fourth-order valence-electron chi connectivity index (χ4n) is 2.24. The van der Waals surface area contributed by atoms with Crippen molar-refractivity contribution in [3.63, 3.8) is 0 Å². The lowest BCUT2D eigenvalue weighted by Gasteiger charge is -2.22. The van der Waals surface area contributed by atoms with E-state index in [0.29, 0.717) is 18.3 Å². The van der Waals surface area contributed by atoms with Gasteiger partial charge in [-0.25, -0.2) is 0 Å². The SMILES string of the molecule is C=CCNC(=O)c1ccc(NC2CCCCC2)nn1. The van der Waals surface area contributed by atoms with Gasteiger partial charge in [0.1, 0.15) is 5.82 Å². The Morgan fingerprint density at radius 1 is 1.32 bits per heavy atom. The average Bonchev–Trinajstić information content (AvgIpc) is 2.46. The molecule has 0 atom stereocenters. The first-order chi connectivity index (χ1) is 9.29. The van der Waals surface area contributed by atoms with Gasteiger partial charge in [0.15, 0.2) is 5.69 Å². The van der Waals surface area contributed by atoms with Gasteiger partial charge in [-0.1, -0.05) is 25.3 Å². The van der Waals surface area contributed by atoms with Crippen molar-refractivity contribution < 1.29 is 4.79 Å². The van der Waals surface area contributed by atoms with E-state index in [4.69, 9.17) is 0 Å². The molecule has 0 radical (unpaired) electrons. The maximum atomic E-state index is 11.6. The average molecular weight is 260 g/mol. The van der Waals surface area contributed by atoms with Crippen LogP contribution >= 0.6 is 0 Å². The smallest absolute Gasteiger partial charge is 0.272 e. The maximum absolute atomic E-state index is 11.6. The third kappa shape index (κ3) is 4.05. The molecule has 5 heteroatoms. The van der Waals surface area contributed by atoms with Crippen molar-refractivity contribution in [2.24, 2.45) is 0 Å². The molecule has 0 aliphatic heterocycles. The third-order valence-corrected chi connectivity index (χ3v) is 3.26. The van der Waals surface area contributed by atoms with Crippen LogP contribution in [0.25, 0.3) is 0 Å². The van der Waals surface area contributed by atoms with Crippen LogP contribution in [0.1, 0.15) is 42.6 Å². The normalized spacial score (nSPS) is 15.8. The molecule has 0 aromatic carbocycles. The lowest BCUT2D eigenvalue weighted by atomic mass is 9.95. The molecule has 1 aromatic rings. The third-order valence-electron chi connectivity index (χ3n) is 3.26. The molecular weight excluding hydrogens is 240 g/mol. The Bertz CT molecular complexity index is 424. The molecule has 2 N–H and O–H groups in total. The lowest BCUT2D eigenvalue weighted by Crippen LogP contribution is -2.25. The van der Waals surface area contributed by atoms with Gasteiger partial charge >= 0.3 is 0 Å². The van der Waals surface area contributed by atoms with Crippen molar-refractivity contribution in [1.29, 1.82) is 0 Å². The molecule has 0 spiro atoms. The molecule has 1 aliphatic rings. The van der Waals surface area contributed by atoms with E-state index in [1.54, 1.807) is 12.1 Å². The summed E-state index contributed by atoms with van der Waals surface area (Å²) in [5.41, 5.74) is 0.330. The van der Waals surface area contributed by atoms with Gasteiger partial charge < -0.3 is 10.6 Å². The highest BCUT2D eigenvalue weighted by Crippen LogP contribution is 2.20. The zero-order valence-electron chi connectivity index (χ0n) is 11.1. The molecule has 2 rings (SSSR count). The van der Waals surface area contributed by atoms with Gasteiger partial charge in [-0.05, 0) is 25.0 Å². The number of amides is 1. The first-order valence-electron chi connectivity index (χ1n) is 6.79. The second-order valence-electron chi connectivity index (χ2n) is 4.78. The quantitative estimate of drug-likeness (QED) is 0.796. The first-order valence-corrected chi connectivity index (χ1v) is 6.79. The summed E-state index contributed by atoms with van der Waals surface area (Å²) in [4.78, 5) is 11.6. The molecule has 1 aliphatic carbocycles. The standard InChI is InChI=1S/C14H20N4O/c1-2-10-15-14(19)12-8-9-13(18-17-12)16-11-6-4-3-5-7-11/h2,8-9,11H,1,3-7,10H2,(H,15,19)(H,16,18). The van der Waals surface area contributed by atoms with Crippen LogP contribution in [0.4, 0.5) is 5.82 Å². The Kier molecular flexibility index (Phi) is 4.89. The minimum absolute atomic E-state index is 0.225. The number of carbonyl (C=O) groups is 1. The number of aromatic nitrogens is 2. The lowest BCUT2D eigenvalue weighted by molar-refractivity contribution is 0.0952. The van der Waals surface area contributed by atoms with Crippen molar-refractivity contribution in [3.05, 3.63) is 30.5 Å². The van der Waals surface area contributed by atoms with Crippen LogP contribution in [0, 0.1) is 0 Å². The number of hydrogen-bond acceptors (Lipinski definition) is 4. The van der Waals surface area contributed by atoms with E-state index < -0.39 is 0 Å². The Balaban J connectivity index is 1.90. The molecule has 1 amide bonds. The van der Waals surface area contributed by atoms with Gasteiger partial charge in [0, 0.05) is 12.6 Å². The molecule has 1 saturated carbocycles. The van der Waals surface area contributed by atoms with Gasteiger partial charge in [0.05, 0.1) is 0 Å². The molecule has 102 valence electrons. The summed E-state index contributed by atoms with van der Waals surface area (Å²) in [6.07, 6.45) is 7.86. The van der Waals surface area contributed by atoms with Gasteiger partial charge in [-0.3, -0.25) is 4.79 Å². The van der Waals surface area contributed by atoms with E-state index in [9.17, 15) is 4.79 Å². The van der Waals surface area contributed by atoms with E-state index in [-0.39, 0.29) is 5.91 Å². The molecular formula is C14H20N4O. The summed E-state index contributed by atoms with van der Waals surface area (Å²) < 4.78 is 0. The number of rotatable bonds is 5. The highest BCUT2D eigenvalue weighted by atomic mass is 16.1. The minimum atomic E-state index is -0.225. The zero-order valence-corrected chi connectivity index (χ0v) is 11.1. The molecule has 1 heterocycles. The Morgan fingerprint density at radius 3 is 2.74 bits per heavy atom. The number of nitrogens with zero attached hydrogens (tertiary/aromatic N) is 2. The highest BCUT2D eigenvalue weighted by Gasteiger charge is 2.14. The van der Waals surface area contributed by atoms with E-state index in [2.05, 4.69) is 27.4 Å². The Hall–Kier alpha value is -1.91. The topological polar surface area (TPSA) is 66.9 Å². The number of carbonyl (C=O) groups excluding carboxylic acids is 1. The second-order valence-corrected chi connectivity index (χ2v) is 4.78. The molecule has 1 aromatic heterocycles.